The number of aromatic nitrogens is 3. The first-order valence-corrected chi connectivity index (χ1v) is 7.60. The average molecular weight is 312 g/mol. The number of benzene rings is 1. The van der Waals surface area contributed by atoms with Gasteiger partial charge in [-0.05, 0) is 30.2 Å². The van der Waals surface area contributed by atoms with Crippen molar-refractivity contribution in [2.45, 2.75) is 18.6 Å². The molecule has 2 atom stereocenters. The minimum absolute atomic E-state index is 0.0106. The molecule has 3 heterocycles. The van der Waals surface area contributed by atoms with Gasteiger partial charge in [0.25, 0.3) is 0 Å². The maximum absolute atomic E-state index is 13.2. The van der Waals surface area contributed by atoms with Crippen molar-refractivity contribution in [3.8, 4) is 0 Å². The van der Waals surface area contributed by atoms with Crippen LogP contribution in [0.5, 0.6) is 0 Å². The number of hydrogen-bond donors (Lipinski definition) is 1. The smallest absolute Gasteiger partial charge is 0.159 e. The number of anilines is 1. The molecule has 0 spiro atoms. The number of aliphatic hydroxyl groups excluding tert-OH is 1. The lowest BCUT2D eigenvalue weighted by Crippen LogP contribution is -2.24. The van der Waals surface area contributed by atoms with E-state index in [9.17, 15) is 9.50 Å². The van der Waals surface area contributed by atoms with Crippen LogP contribution in [-0.2, 0) is 7.05 Å². The summed E-state index contributed by atoms with van der Waals surface area (Å²) in [5.74, 6) is -0.252. The third kappa shape index (κ3) is 2.35. The van der Waals surface area contributed by atoms with Crippen LogP contribution in [0.1, 0.15) is 18.0 Å². The number of β-amino-alcohol motifs (C(OH)–C–C–N with tert-alkyl or cyclic N) is 1. The Hall–Kier alpha value is -2.47. The van der Waals surface area contributed by atoms with Crippen LogP contribution in [0.25, 0.3) is 11.0 Å². The van der Waals surface area contributed by atoms with Crippen molar-refractivity contribution in [3.63, 3.8) is 0 Å². The minimum Gasteiger partial charge on any atom is -0.391 e. The lowest BCUT2D eigenvalue weighted by atomic mass is 10.0. The van der Waals surface area contributed by atoms with E-state index in [1.807, 2.05) is 13.1 Å². The molecule has 3 aromatic rings. The van der Waals surface area contributed by atoms with E-state index in [0.717, 1.165) is 22.3 Å². The second-order valence-electron chi connectivity index (χ2n) is 5.94. The number of rotatable bonds is 2. The van der Waals surface area contributed by atoms with E-state index in [-0.39, 0.29) is 11.9 Å². The van der Waals surface area contributed by atoms with E-state index < -0.39 is 6.10 Å². The molecule has 1 saturated heterocycles. The molecular weight excluding hydrogens is 295 g/mol. The second kappa shape index (κ2) is 5.31. The molecule has 1 N–H and O–H groups in total. The molecule has 0 bridgehead atoms. The largest absolute Gasteiger partial charge is 0.391 e. The maximum atomic E-state index is 13.2. The van der Waals surface area contributed by atoms with Crippen molar-refractivity contribution in [1.29, 1.82) is 0 Å². The van der Waals surface area contributed by atoms with Gasteiger partial charge in [0.2, 0.25) is 0 Å². The van der Waals surface area contributed by atoms with Gasteiger partial charge in [0.1, 0.15) is 5.82 Å². The number of hydrogen-bond acceptors (Lipinski definition) is 4. The van der Waals surface area contributed by atoms with Gasteiger partial charge in [0, 0.05) is 19.8 Å². The maximum Gasteiger partial charge on any atom is 0.159 e. The third-order valence-corrected chi connectivity index (χ3v) is 4.46. The number of aliphatic hydroxyl groups is 1. The summed E-state index contributed by atoms with van der Waals surface area (Å²) >= 11 is 0. The van der Waals surface area contributed by atoms with Gasteiger partial charge >= 0.3 is 0 Å². The number of pyridine rings is 1. The molecule has 1 aliphatic rings. The molecule has 0 radical (unpaired) electrons. The van der Waals surface area contributed by atoms with Crippen LogP contribution in [0.4, 0.5) is 10.1 Å². The Labute approximate surface area is 133 Å². The van der Waals surface area contributed by atoms with Gasteiger partial charge in [-0.15, -0.1) is 0 Å². The van der Waals surface area contributed by atoms with E-state index in [1.165, 1.54) is 12.1 Å². The molecule has 23 heavy (non-hydrogen) atoms. The number of nitrogens with zero attached hydrogens (tertiary/aromatic N) is 4. The van der Waals surface area contributed by atoms with Crippen LogP contribution in [0.15, 0.2) is 42.7 Å². The van der Waals surface area contributed by atoms with Gasteiger partial charge in [0.15, 0.2) is 5.65 Å². The minimum atomic E-state index is -0.412. The molecule has 1 fully saturated rings. The zero-order valence-corrected chi connectivity index (χ0v) is 12.7. The van der Waals surface area contributed by atoms with Crippen LogP contribution in [-0.4, -0.2) is 32.5 Å². The highest BCUT2D eigenvalue weighted by molar-refractivity contribution is 5.89. The van der Waals surface area contributed by atoms with E-state index in [4.69, 9.17) is 0 Å². The fourth-order valence-corrected chi connectivity index (χ4v) is 3.36. The molecule has 1 aromatic carbocycles. The monoisotopic (exact) mass is 312 g/mol. The quantitative estimate of drug-likeness (QED) is 0.789. The van der Waals surface area contributed by atoms with Crippen molar-refractivity contribution in [3.05, 3.63) is 54.1 Å². The van der Waals surface area contributed by atoms with Crippen molar-refractivity contribution >= 4 is 16.7 Å². The highest BCUT2D eigenvalue weighted by Gasteiger charge is 2.33. The summed E-state index contributed by atoms with van der Waals surface area (Å²) in [6, 6.07) is 8.45. The summed E-state index contributed by atoms with van der Waals surface area (Å²) in [5, 5.41) is 15.4. The topological polar surface area (TPSA) is 54.2 Å². The highest BCUT2D eigenvalue weighted by atomic mass is 19.1. The Kier molecular flexibility index (Phi) is 3.27. The normalized spacial score (nSPS) is 21.3. The van der Waals surface area contributed by atoms with E-state index in [0.29, 0.717) is 13.0 Å². The lowest BCUT2D eigenvalue weighted by molar-refractivity contribution is 0.194. The van der Waals surface area contributed by atoms with Gasteiger partial charge in [-0.1, -0.05) is 12.1 Å². The predicted octanol–water partition coefficient (Wildman–Crippen LogP) is 2.42. The summed E-state index contributed by atoms with van der Waals surface area (Å²) in [6.45, 7) is 0.538. The molecule has 2 aromatic heterocycles. The summed E-state index contributed by atoms with van der Waals surface area (Å²) in [7, 11) is 1.86. The van der Waals surface area contributed by atoms with E-state index >= 15 is 0 Å². The van der Waals surface area contributed by atoms with Crippen LogP contribution >= 0.6 is 0 Å². The summed E-state index contributed by atoms with van der Waals surface area (Å²) < 4.78 is 14.9. The summed E-state index contributed by atoms with van der Waals surface area (Å²) in [6.07, 6.45) is 3.76. The Bertz CT molecular complexity index is 845. The van der Waals surface area contributed by atoms with Gasteiger partial charge in [0.05, 0.1) is 29.4 Å². The fourth-order valence-electron chi connectivity index (χ4n) is 3.36. The first kappa shape index (κ1) is 14.1. The van der Waals surface area contributed by atoms with Crippen molar-refractivity contribution in [1.82, 2.24) is 14.8 Å². The first-order chi connectivity index (χ1) is 11.1. The Morgan fingerprint density at radius 1 is 1.22 bits per heavy atom. The molecule has 1 aliphatic heterocycles. The average Bonchev–Trinajstić information content (AvgIpc) is 3.12. The van der Waals surface area contributed by atoms with Crippen molar-refractivity contribution in [2.24, 2.45) is 7.05 Å². The summed E-state index contributed by atoms with van der Waals surface area (Å²) in [4.78, 5) is 6.52. The van der Waals surface area contributed by atoms with Crippen LogP contribution in [0, 0.1) is 5.82 Å². The van der Waals surface area contributed by atoms with Crippen molar-refractivity contribution in [2.75, 3.05) is 11.4 Å². The molecule has 5 nitrogen and oxygen atoms in total. The molecule has 118 valence electrons. The Morgan fingerprint density at radius 3 is 2.78 bits per heavy atom. The SMILES string of the molecule is Cn1ncc2c(N3CC(O)CC3c3ccc(F)cc3)ccnc21. The zero-order chi connectivity index (χ0) is 16.0. The molecule has 4 rings (SSSR count). The number of aryl methyl sites for hydroxylation is 1. The number of fused-ring (bicyclic) bond motifs is 1. The molecule has 0 amide bonds. The highest BCUT2D eigenvalue weighted by Crippen LogP contribution is 2.38. The standard InChI is InChI=1S/C17H17FN4O/c1-21-17-14(9-20-21)15(6-7-19-17)22-10-13(23)8-16(22)11-2-4-12(18)5-3-11/h2-7,9,13,16,23H,8,10H2,1H3. The van der Waals surface area contributed by atoms with Gasteiger partial charge in [-0.3, -0.25) is 4.68 Å². The van der Waals surface area contributed by atoms with Gasteiger partial charge in [-0.25, -0.2) is 9.37 Å². The second-order valence-corrected chi connectivity index (χ2v) is 5.94. The molecular formula is C17H17FN4O. The summed E-state index contributed by atoms with van der Waals surface area (Å²) in [5.41, 5.74) is 2.80. The first-order valence-electron chi connectivity index (χ1n) is 7.60. The lowest BCUT2D eigenvalue weighted by Gasteiger charge is -2.27. The van der Waals surface area contributed by atoms with Crippen molar-refractivity contribution < 1.29 is 9.50 Å². The zero-order valence-electron chi connectivity index (χ0n) is 12.7. The predicted molar refractivity (Wildman–Crippen MR) is 85.6 cm³/mol. The number of halogens is 1. The molecule has 0 aliphatic carbocycles. The van der Waals surface area contributed by atoms with Gasteiger partial charge < -0.3 is 10.0 Å². The molecule has 6 heteroatoms. The van der Waals surface area contributed by atoms with Crippen LogP contribution in [0.3, 0.4) is 0 Å². The Morgan fingerprint density at radius 2 is 2.00 bits per heavy atom. The van der Waals surface area contributed by atoms with E-state index in [1.54, 1.807) is 29.2 Å². The third-order valence-electron chi connectivity index (χ3n) is 4.46. The Balaban J connectivity index is 1.80. The van der Waals surface area contributed by atoms with Crippen LogP contribution in [0.2, 0.25) is 0 Å². The van der Waals surface area contributed by atoms with Gasteiger partial charge in [-0.2, -0.15) is 5.10 Å². The molecule has 2 unspecified atom stereocenters. The van der Waals surface area contributed by atoms with Crippen LogP contribution < -0.4 is 4.90 Å². The fraction of sp³-hybridized carbons (Fsp3) is 0.294. The molecule has 0 saturated carbocycles. The van der Waals surface area contributed by atoms with E-state index in [2.05, 4.69) is 15.0 Å².